The first-order chi connectivity index (χ1) is 7.08. The maximum atomic E-state index is 2.48. The molecule has 0 aliphatic heterocycles. The third-order valence-corrected chi connectivity index (χ3v) is 3.65. The first kappa shape index (κ1) is 10.9. The van der Waals surface area contributed by atoms with Crippen LogP contribution in [0.5, 0.6) is 0 Å². The van der Waals surface area contributed by atoms with Crippen molar-refractivity contribution in [3.8, 4) is 0 Å². The molecule has 0 nitrogen and oxygen atoms in total. The lowest BCUT2D eigenvalue weighted by molar-refractivity contribution is 0.484. The first-order valence-electron chi connectivity index (χ1n) is 5.22. The van der Waals surface area contributed by atoms with Gasteiger partial charge in [-0.1, -0.05) is 56.3 Å². The van der Waals surface area contributed by atoms with E-state index in [4.69, 9.17) is 0 Å². The van der Waals surface area contributed by atoms with Gasteiger partial charge in [0.15, 0.2) is 0 Å². The van der Waals surface area contributed by atoms with Gasteiger partial charge < -0.3 is 0 Å². The fraction of sp³-hybridized carbons (Fsp3) is 0.286. The normalized spacial score (nSPS) is 19.4. The Hall–Kier alpha value is -0.570. The van der Waals surface area contributed by atoms with Crippen molar-refractivity contribution in [1.29, 1.82) is 0 Å². The Kier molecular flexibility index (Phi) is 3.01. The fourth-order valence-corrected chi connectivity index (χ4v) is 3.30. The van der Waals surface area contributed by atoms with Crippen LogP contribution in [0.15, 0.2) is 46.1 Å². The maximum absolute atomic E-state index is 2.48. The first-order valence-corrected chi connectivity index (χ1v) is 6.30. The Morgan fingerprint density at radius 1 is 1.13 bits per heavy atom. The van der Waals surface area contributed by atoms with E-state index in [2.05, 4.69) is 78.9 Å². The van der Waals surface area contributed by atoms with E-state index in [0.29, 0.717) is 5.41 Å². The smallest absolute Gasteiger partial charge is 0.000736 e. The zero-order valence-corrected chi connectivity index (χ0v) is 11.3. The Morgan fingerprint density at radius 2 is 1.80 bits per heavy atom. The summed E-state index contributed by atoms with van der Waals surface area (Å²) in [5.74, 6) is 0. The van der Waals surface area contributed by atoms with Crippen molar-refractivity contribution in [2.45, 2.75) is 20.3 Å². The average molecular weight is 310 g/mol. The van der Waals surface area contributed by atoms with Gasteiger partial charge in [0.1, 0.15) is 0 Å². The molecular weight excluding hydrogens is 295 g/mol. The lowest BCUT2D eigenvalue weighted by Gasteiger charge is -2.25. The molecule has 1 aliphatic rings. The zero-order valence-electron chi connectivity index (χ0n) is 9.13. The molecule has 2 rings (SSSR count). The summed E-state index contributed by atoms with van der Waals surface area (Å²) in [6, 6.07) is 10.6. The Balaban J connectivity index is 2.37. The largest absolute Gasteiger partial charge is 0.0779 e. The van der Waals surface area contributed by atoms with Gasteiger partial charge in [-0.05, 0) is 49.1 Å². The van der Waals surface area contributed by atoms with E-state index in [1.165, 1.54) is 14.7 Å². The van der Waals surface area contributed by atoms with Crippen LogP contribution in [-0.4, -0.2) is 0 Å². The summed E-state index contributed by atoms with van der Waals surface area (Å²) >= 11 is 2.48. The lowest BCUT2D eigenvalue weighted by Crippen LogP contribution is -2.10. The number of hydrogen-bond acceptors (Lipinski definition) is 0. The predicted molar refractivity (Wildman–Crippen MR) is 74.9 cm³/mol. The second kappa shape index (κ2) is 4.12. The Morgan fingerprint density at radius 3 is 2.40 bits per heavy atom. The van der Waals surface area contributed by atoms with Gasteiger partial charge in [0.2, 0.25) is 0 Å². The van der Waals surface area contributed by atoms with Gasteiger partial charge in [-0.2, -0.15) is 0 Å². The molecule has 1 heteroatoms. The van der Waals surface area contributed by atoms with Gasteiger partial charge >= 0.3 is 0 Å². The zero-order chi connectivity index (χ0) is 10.9. The van der Waals surface area contributed by atoms with Gasteiger partial charge in [-0.15, -0.1) is 0 Å². The highest BCUT2D eigenvalue weighted by atomic mass is 127. The van der Waals surface area contributed by atoms with E-state index in [0.717, 1.165) is 6.42 Å². The van der Waals surface area contributed by atoms with Crippen molar-refractivity contribution in [3.63, 3.8) is 0 Å². The van der Waals surface area contributed by atoms with Crippen LogP contribution < -0.4 is 0 Å². The number of hydrogen-bond donors (Lipinski definition) is 0. The standard InChI is InChI=1S/C14H15I/c1-14(2)9-8-12(13(15)10-14)11-6-4-3-5-7-11/h3-9H,10H2,1-2H3. The van der Waals surface area contributed by atoms with Crippen LogP contribution in [0.3, 0.4) is 0 Å². The quantitative estimate of drug-likeness (QED) is 0.652. The van der Waals surface area contributed by atoms with Gasteiger partial charge in [-0.3, -0.25) is 0 Å². The molecule has 1 aromatic rings. The molecule has 0 N–H and O–H groups in total. The molecule has 1 aliphatic carbocycles. The molecule has 0 aromatic heterocycles. The van der Waals surface area contributed by atoms with Crippen LogP contribution in [0.2, 0.25) is 0 Å². The van der Waals surface area contributed by atoms with E-state index in [1.807, 2.05) is 0 Å². The Bertz CT molecular complexity index is 410. The van der Waals surface area contributed by atoms with Crippen LogP contribution >= 0.6 is 22.6 Å². The summed E-state index contributed by atoms with van der Waals surface area (Å²) in [5, 5.41) is 0. The predicted octanol–water partition coefficient (Wildman–Crippen LogP) is 4.82. The maximum Gasteiger partial charge on any atom is -0.000736 e. The van der Waals surface area contributed by atoms with Crippen LogP contribution in [0.25, 0.3) is 5.57 Å². The van der Waals surface area contributed by atoms with Crippen molar-refractivity contribution in [2.75, 3.05) is 0 Å². The minimum absolute atomic E-state index is 0.314. The van der Waals surface area contributed by atoms with E-state index < -0.39 is 0 Å². The summed E-state index contributed by atoms with van der Waals surface area (Å²) in [7, 11) is 0. The molecule has 0 heterocycles. The molecule has 78 valence electrons. The van der Waals surface area contributed by atoms with Crippen molar-refractivity contribution in [2.24, 2.45) is 5.41 Å². The highest BCUT2D eigenvalue weighted by Crippen LogP contribution is 2.39. The minimum Gasteiger partial charge on any atom is -0.0779 e. The van der Waals surface area contributed by atoms with Gasteiger partial charge in [0, 0.05) is 0 Å². The molecule has 15 heavy (non-hydrogen) atoms. The molecular formula is C14H15I. The summed E-state index contributed by atoms with van der Waals surface area (Å²) in [4.78, 5) is 0. The van der Waals surface area contributed by atoms with E-state index in [1.54, 1.807) is 0 Å². The molecule has 0 saturated carbocycles. The highest BCUT2D eigenvalue weighted by molar-refractivity contribution is 14.1. The van der Waals surface area contributed by atoms with E-state index >= 15 is 0 Å². The Labute approximate surface area is 105 Å². The van der Waals surface area contributed by atoms with E-state index in [9.17, 15) is 0 Å². The number of allylic oxidation sites excluding steroid dienone is 4. The number of rotatable bonds is 1. The van der Waals surface area contributed by atoms with Crippen LogP contribution in [-0.2, 0) is 0 Å². The molecule has 0 spiro atoms. The SMILES string of the molecule is CC1(C)C=CC(c2ccccc2)=C(I)C1. The molecule has 0 amide bonds. The molecule has 0 atom stereocenters. The second-order valence-corrected chi connectivity index (χ2v) is 5.99. The summed E-state index contributed by atoms with van der Waals surface area (Å²) in [5.41, 5.74) is 3.03. The van der Waals surface area contributed by atoms with Crippen LogP contribution in [0.1, 0.15) is 25.8 Å². The van der Waals surface area contributed by atoms with E-state index in [-0.39, 0.29) is 0 Å². The topological polar surface area (TPSA) is 0 Å². The average Bonchev–Trinajstić information content (AvgIpc) is 2.17. The second-order valence-electron chi connectivity index (χ2n) is 4.68. The molecule has 0 unspecified atom stereocenters. The third kappa shape index (κ3) is 2.51. The summed E-state index contributed by atoms with van der Waals surface area (Å²) in [6.45, 7) is 4.56. The fourth-order valence-electron chi connectivity index (χ4n) is 1.82. The summed E-state index contributed by atoms with van der Waals surface area (Å²) < 4.78 is 1.46. The molecule has 0 fully saturated rings. The number of halogens is 1. The molecule has 1 aromatic carbocycles. The number of benzene rings is 1. The van der Waals surface area contributed by atoms with Crippen molar-refractivity contribution in [1.82, 2.24) is 0 Å². The monoisotopic (exact) mass is 310 g/mol. The third-order valence-electron chi connectivity index (χ3n) is 2.69. The van der Waals surface area contributed by atoms with Crippen molar-refractivity contribution in [3.05, 3.63) is 51.6 Å². The molecule has 0 saturated heterocycles. The van der Waals surface area contributed by atoms with Crippen molar-refractivity contribution < 1.29 is 0 Å². The van der Waals surface area contributed by atoms with Gasteiger partial charge in [-0.25, -0.2) is 0 Å². The molecule has 0 bridgehead atoms. The van der Waals surface area contributed by atoms with Gasteiger partial charge in [0.25, 0.3) is 0 Å². The van der Waals surface area contributed by atoms with Gasteiger partial charge in [0.05, 0.1) is 0 Å². The van der Waals surface area contributed by atoms with Crippen LogP contribution in [0, 0.1) is 5.41 Å². The lowest BCUT2D eigenvalue weighted by atomic mass is 9.83. The summed E-state index contributed by atoms with van der Waals surface area (Å²) in [6.07, 6.45) is 5.73. The van der Waals surface area contributed by atoms with Crippen LogP contribution in [0.4, 0.5) is 0 Å². The minimum atomic E-state index is 0.314. The molecule has 0 radical (unpaired) electrons. The highest BCUT2D eigenvalue weighted by Gasteiger charge is 2.21. The van der Waals surface area contributed by atoms with Crippen molar-refractivity contribution >= 4 is 28.2 Å².